The van der Waals surface area contributed by atoms with Crippen LogP contribution < -0.4 is 0 Å². The topological polar surface area (TPSA) is 37.3 Å². The molecule has 0 aromatic rings. The zero-order valence-electron chi connectivity index (χ0n) is 10.4. The molecule has 9 atom stereocenters. The Hall–Kier alpha value is -0.790. The minimum atomic E-state index is -0.540. The van der Waals surface area contributed by atoms with Crippen LogP contribution in [0.5, 0.6) is 0 Å². The van der Waals surface area contributed by atoms with Gasteiger partial charge in [-0.3, -0.25) is 4.79 Å². The van der Waals surface area contributed by atoms with E-state index in [0.717, 1.165) is 24.2 Å². The van der Waals surface area contributed by atoms with Crippen LogP contribution in [0.3, 0.4) is 0 Å². The predicted molar refractivity (Wildman–Crippen MR) is 64.2 cm³/mol. The number of aliphatic carboxylic acids is 1. The van der Waals surface area contributed by atoms with E-state index in [0.29, 0.717) is 29.6 Å². The number of fused-ring (bicyclic) bond motifs is 9. The fraction of sp³-hybridized carbons (Fsp3) is 0.800. The molecular weight excluding hydrogens is 212 g/mol. The highest BCUT2D eigenvalue weighted by Crippen LogP contribution is 2.70. The maximum Gasteiger partial charge on any atom is 0.306 e. The van der Waals surface area contributed by atoms with Crippen LogP contribution in [0.2, 0.25) is 0 Å². The summed E-state index contributed by atoms with van der Waals surface area (Å²) in [7, 11) is 0. The zero-order valence-corrected chi connectivity index (χ0v) is 10.4. The van der Waals surface area contributed by atoms with Crippen molar-refractivity contribution in [3.63, 3.8) is 0 Å². The second kappa shape index (κ2) is 2.96. The van der Waals surface area contributed by atoms with Crippen LogP contribution in [0.15, 0.2) is 12.2 Å². The minimum absolute atomic E-state index is 0.0452. The number of carboxylic acid groups (broad SMARTS) is 1. The molecule has 0 aromatic heterocycles. The molecule has 9 unspecified atom stereocenters. The maximum absolute atomic E-state index is 11.4. The first-order valence-corrected chi connectivity index (χ1v) is 7.02. The van der Waals surface area contributed by atoms with E-state index in [-0.39, 0.29) is 5.92 Å². The van der Waals surface area contributed by atoms with Crippen molar-refractivity contribution in [1.29, 1.82) is 0 Å². The molecule has 4 rings (SSSR count). The molecule has 0 aromatic carbocycles. The Balaban J connectivity index is 1.75. The van der Waals surface area contributed by atoms with Gasteiger partial charge in [-0.1, -0.05) is 26.0 Å². The van der Waals surface area contributed by atoms with Gasteiger partial charge in [0.05, 0.1) is 5.92 Å². The summed E-state index contributed by atoms with van der Waals surface area (Å²) in [6.07, 6.45) is 5.77. The first-order chi connectivity index (χ1) is 8.11. The summed E-state index contributed by atoms with van der Waals surface area (Å²) in [6.45, 7) is 4.67. The van der Waals surface area contributed by atoms with Crippen LogP contribution in [0.25, 0.3) is 0 Å². The predicted octanol–water partition coefficient (Wildman–Crippen LogP) is 2.66. The molecule has 1 N–H and O–H groups in total. The minimum Gasteiger partial charge on any atom is -0.481 e. The van der Waals surface area contributed by atoms with Gasteiger partial charge in [0.15, 0.2) is 0 Å². The molecule has 2 nitrogen and oxygen atoms in total. The fourth-order valence-corrected chi connectivity index (χ4v) is 6.13. The summed E-state index contributed by atoms with van der Waals surface area (Å²) in [5.74, 6) is 4.93. The van der Waals surface area contributed by atoms with Gasteiger partial charge in [0.1, 0.15) is 0 Å². The fourth-order valence-electron chi connectivity index (χ4n) is 6.13. The smallest absolute Gasteiger partial charge is 0.306 e. The molecule has 4 aliphatic rings. The Morgan fingerprint density at radius 3 is 2.35 bits per heavy atom. The standard InChI is InChI=1S/C15H20O2/c1-6-8-3-4-9(6)14-12-7(2)10(13(8)14)5-11(12)15(16)17/h3-4,6-14H,5H2,1-2H3,(H,16,17). The number of allylic oxidation sites excluding steroid dienone is 2. The van der Waals surface area contributed by atoms with Gasteiger partial charge in [0, 0.05) is 0 Å². The van der Waals surface area contributed by atoms with Crippen molar-refractivity contribution in [2.75, 3.05) is 0 Å². The lowest BCUT2D eigenvalue weighted by molar-refractivity contribution is -0.145. The van der Waals surface area contributed by atoms with Crippen LogP contribution in [0.4, 0.5) is 0 Å². The summed E-state index contributed by atoms with van der Waals surface area (Å²) < 4.78 is 0. The molecule has 0 radical (unpaired) electrons. The molecule has 4 aliphatic carbocycles. The molecule has 17 heavy (non-hydrogen) atoms. The number of hydrogen-bond acceptors (Lipinski definition) is 1. The maximum atomic E-state index is 11.4. The zero-order chi connectivity index (χ0) is 11.9. The monoisotopic (exact) mass is 232 g/mol. The van der Waals surface area contributed by atoms with Crippen LogP contribution in [0.1, 0.15) is 20.3 Å². The van der Waals surface area contributed by atoms with Gasteiger partial charge in [0.25, 0.3) is 0 Å². The summed E-state index contributed by atoms with van der Waals surface area (Å²) in [4.78, 5) is 11.4. The second-order valence-corrected chi connectivity index (χ2v) is 6.83. The Bertz CT molecular complexity index is 411. The van der Waals surface area contributed by atoms with Crippen LogP contribution in [0, 0.1) is 53.3 Å². The lowest BCUT2D eigenvalue weighted by Crippen LogP contribution is -2.34. The van der Waals surface area contributed by atoms with Crippen molar-refractivity contribution < 1.29 is 9.90 Å². The van der Waals surface area contributed by atoms with E-state index in [1.807, 2.05) is 0 Å². The number of carbonyl (C=O) groups is 1. The highest BCUT2D eigenvalue weighted by Gasteiger charge is 2.67. The molecule has 0 spiro atoms. The molecule has 0 aliphatic heterocycles. The van der Waals surface area contributed by atoms with E-state index < -0.39 is 5.97 Å². The van der Waals surface area contributed by atoms with E-state index in [9.17, 15) is 9.90 Å². The van der Waals surface area contributed by atoms with Gasteiger partial charge in [-0.15, -0.1) is 0 Å². The average Bonchev–Trinajstić information content (AvgIpc) is 2.97. The van der Waals surface area contributed by atoms with Crippen molar-refractivity contribution >= 4 is 5.97 Å². The molecule has 2 heteroatoms. The highest BCUT2D eigenvalue weighted by molar-refractivity contribution is 5.71. The third kappa shape index (κ3) is 0.974. The van der Waals surface area contributed by atoms with Crippen LogP contribution in [-0.4, -0.2) is 11.1 Å². The summed E-state index contributed by atoms with van der Waals surface area (Å²) in [6, 6.07) is 0. The molecular formula is C15H20O2. The Kier molecular flexibility index (Phi) is 1.77. The summed E-state index contributed by atoms with van der Waals surface area (Å²) in [5, 5.41) is 9.39. The average molecular weight is 232 g/mol. The Morgan fingerprint density at radius 1 is 1.06 bits per heavy atom. The van der Waals surface area contributed by atoms with Crippen molar-refractivity contribution in [3.8, 4) is 0 Å². The molecule has 0 heterocycles. The number of rotatable bonds is 1. The van der Waals surface area contributed by atoms with Crippen molar-refractivity contribution in [2.45, 2.75) is 20.3 Å². The van der Waals surface area contributed by atoms with E-state index in [1.165, 1.54) is 0 Å². The molecule has 0 saturated heterocycles. The van der Waals surface area contributed by atoms with E-state index >= 15 is 0 Å². The number of hydrogen-bond donors (Lipinski definition) is 1. The van der Waals surface area contributed by atoms with Crippen molar-refractivity contribution in [3.05, 3.63) is 12.2 Å². The highest BCUT2D eigenvalue weighted by atomic mass is 16.4. The van der Waals surface area contributed by atoms with Crippen molar-refractivity contribution in [1.82, 2.24) is 0 Å². The van der Waals surface area contributed by atoms with E-state index in [1.54, 1.807) is 0 Å². The van der Waals surface area contributed by atoms with Gasteiger partial charge in [-0.2, -0.15) is 0 Å². The van der Waals surface area contributed by atoms with Gasteiger partial charge in [-0.05, 0) is 53.8 Å². The van der Waals surface area contributed by atoms with Crippen LogP contribution in [-0.2, 0) is 4.79 Å². The largest absolute Gasteiger partial charge is 0.481 e. The van der Waals surface area contributed by atoms with Gasteiger partial charge in [0.2, 0.25) is 0 Å². The molecule has 3 saturated carbocycles. The molecule has 3 fully saturated rings. The SMILES string of the molecule is CC1C2C=CC1C1C3C(C(=O)O)CC(C3C)C21. The van der Waals surface area contributed by atoms with E-state index in [2.05, 4.69) is 26.0 Å². The third-order valence-electron chi connectivity index (χ3n) is 6.63. The lowest BCUT2D eigenvalue weighted by atomic mass is 9.69. The molecule has 4 bridgehead atoms. The van der Waals surface area contributed by atoms with E-state index in [4.69, 9.17) is 0 Å². The first kappa shape index (κ1) is 10.2. The molecule has 92 valence electrons. The first-order valence-electron chi connectivity index (χ1n) is 7.02. The quantitative estimate of drug-likeness (QED) is 0.557. The third-order valence-corrected chi connectivity index (χ3v) is 6.63. The van der Waals surface area contributed by atoms with Gasteiger partial charge < -0.3 is 5.11 Å². The Labute approximate surface area is 102 Å². The van der Waals surface area contributed by atoms with Crippen LogP contribution >= 0.6 is 0 Å². The van der Waals surface area contributed by atoms with Gasteiger partial charge >= 0.3 is 5.97 Å². The molecule has 0 amide bonds. The number of carboxylic acids is 1. The second-order valence-electron chi connectivity index (χ2n) is 6.83. The van der Waals surface area contributed by atoms with Gasteiger partial charge in [-0.25, -0.2) is 0 Å². The summed E-state index contributed by atoms with van der Waals surface area (Å²) >= 11 is 0. The van der Waals surface area contributed by atoms with Crippen molar-refractivity contribution in [2.24, 2.45) is 53.3 Å². The summed E-state index contributed by atoms with van der Waals surface area (Å²) in [5.41, 5.74) is 0. The normalized spacial score (nSPS) is 62.1. The lowest BCUT2D eigenvalue weighted by Gasteiger charge is -2.34. The Morgan fingerprint density at radius 2 is 1.71 bits per heavy atom.